The maximum atomic E-state index is 11.7. The zero-order valence-electron chi connectivity index (χ0n) is 6.32. The molecule has 1 N–H and O–H groups in total. The largest absolute Gasteiger partial charge is 0.390 e. The maximum absolute atomic E-state index is 11.7. The Labute approximate surface area is 67.5 Å². The van der Waals surface area contributed by atoms with Gasteiger partial charge < -0.3 is 4.90 Å². The van der Waals surface area contributed by atoms with Crippen LogP contribution < -0.4 is 5.32 Å². The highest BCUT2D eigenvalue weighted by Gasteiger charge is 2.30. The zero-order valence-corrected chi connectivity index (χ0v) is 6.32. The minimum atomic E-state index is -4.18. The fraction of sp³-hybridized carbons (Fsp3) is 0.833. The molecule has 0 unspecified atom stereocenters. The zero-order chi connectivity index (χ0) is 9.19. The standard InChI is InChI=1S/C6H9F3N2O/c7-6(8,9)1-2-11-4-10-3-5(11)12/h10H,1-4H2. The second-order valence-electron chi connectivity index (χ2n) is 2.61. The first kappa shape index (κ1) is 9.31. The van der Waals surface area contributed by atoms with E-state index in [0.29, 0.717) is 0 Å². The minimum absolute atomic E-state index is 0.151. The van der Waals surface area contributed by atoms with E-state index in [4.69, 9.17) is 0 Å². The summed E-state index contributed by atoms with van der Waals surface area (Å²) in [7, 11) is 0. The molecular weight excluding hydrogens is 173 g/mol. The van der Waals surface area contributed by atoms with Crippen LogP contribution in [0, 0.1) is 0 Å². The Morgan fingerprint density at radius 1 is 1.50 bits per heavy atom. The molecule has 0 spiro atoms. The van der Waals surface area contributed by atoms with E-state index in [0.717, 1.165) is 4.90 Å². The molecule has 0 saturated carbocycles. The summed E-state index contributed by atoms with van der Waals surface area (Å²) in [6.45, 7) is 0.141. The fourth-order valence-corrected chi connectivity index (χ4v) is 0.963. The van der Waals surface area contributed by atoms with E-state index in [9.17, 15) is 18.0 Å². The highest BCUT2D eigenvalue weighted by atomic mass is 19.4. The Hall–Kier alpha value is -0.780. The first-order valence-electron chi connectivity index (χ1n) is 3.54. The van der Waals surface area contributed by atoms with Gasteiger partial charge in [-0.05, 0) is 0 Å². The van der Waals surface area contributed by atoms with Crippen LogP contribution in [0.1, 0.15) is 6.42 Å². The molecule has 1 amide bonds. The quantitative estimate of drug-likeness (QED) is 0.667. The Balaban J connectivity index is 2.27. The first-order chi connectivity index (χ1) is 5.49. The molecular formula is C6H9F3N2O. The highest BCUT2D eigenvalue weighted by molar-refractivity contribution is 5.79. The maximum Gasteiger partial charge on any atom is 0.390 e. The number of alkyl halides is 3. The molecule has 1 heterocycles. The van der Waals surface area contributed by atoms with Crippen LogP contribution in [0.4, 0.5) is 13.2 Å². The number of hydrogen-bond donors (Lipinski definition) is 1. The number of carbonyl (C=O) groups excluding carboxylic acids is 1. The van der Waals surface area contributed by atoms with Crippen molar-refractivity contribution in [2.24, 2.45) is 0 Å². The van der Waals surface area contributed by atoms with Crippen molar-refractivity contribution in [2.75, 3.05) is 19.8 Å². The van der Waals surface area contributed by atoms with Crippen molar-refractivity contribution < 1.29 is 18.0 Å². The number of amides is 1. The molecule has 70 valence electrons. The van der Waals surface area contributed by atoms with Gasteiger partial charge in [0, 0.05) is 6.54 Å². The Morgan fingerprint density at radius 2 is 2.17 bits per heavy atom. The SMILES string of the molecule is O=C1CNCN1CCC(F)(F)F. The number of nitrogens with one attached hydrogen (secondary N) is 1. The molecule has 0 atom stereocenters. The molecule has 0 aliphatic carbocycles. The lowest BCUT2D eigenvalue weighted by atomic mass is 10.4. The second kappa shape index (κ2) is 3.30. The third-order valence-electron chi connectivity index (χ3n) is 1.60. The van der Waals surface area contributed by atoms with Gasteiger partial charge in [-0.3, -0.25) is 10.1 Å². The van der Waals surface area contributed by atoms with Gasteiger partial charge in [0.25, 0.3) is 0 Å². The summed E-state index contributed by atoms with van der Waals surface area (Å²) in [5, 5.41) is 2.67. The molecule has 1 aliphatic rings. The third kappa shape index (κ3) is 2.69. The van der Waals surface area contributed by atoms with Gasteiger partial charge >= 0.3 is 6.18 Å². The molecule has 0 aromatic heterocycles. The molecule has 0 aromatic carbocycles. The van der Waals surface area contributed by atoms with Crippen LogP contribution in [0.5, 0.6) is 0 Å². The lowest BCUT2D eigenvalue weighted by molar-refractivity contribution is -0.142. The van der Waals surface area contributed by atoms with Crippen LogP contribution >= 0.6 is 0 Å². The number of halogens is 3. The van der Waals surface area contributed by atoms with E-state index in [-0.39, 0.29) is 25.7 Å². The van der Waals surface area contributed by atoms with Gasteiger partial charge in [0.2, 0.25) is 5.91 Å². The molecule has 6 heteroatoms. The topological polar surface area (TPSA) is 32.3 Å². The summed E-state index contributed by atoms with van der Waals surface area (Å²) in [6.07, 6.45) is -5.11. The average Bonchev–Trinajstić information content (AvgIpc) is 2.29. The van der Waals surface area contributed by atoms with Crippen LogP contribution in [0.15, 0.2) is 0 Å². The normalized spacial score (nSPS) is 18.9. The van der Waals surface area contributed by atoms with Crippen molar-refractivity contribution in [2.45, 2.75) is 12.6 Å². The number of hydrogen-bond acceptors (Lipinski definition) is 2. The lowest BCUT2D eigenvalue weighted by Crippen LogP contribution is -2.30. The Kier molecular flexibility index (Phi) is 2.56. The van der Waals surface area contributed by atoms with Gasteiger partial charge in [-0.15, -0.1) is 0 Å². The van der Waals surface area contributed by atoms with Crippen LogP contribution in [0.3, 0.4) is 0 Å². The van der Waals surface area contributed by atoms with Crippen molar-refractivity contribution in [1.29, 1.82) is 0 Å². The number of rotatable bonds is 2. The van der Waals surface area contributed by atoms with Crippen molar-refractivity contribution in [1.82, 2.24) is 10.2 Å². The van der Waals surface area contributed by atoms with Crippen molar-refractivity contribution >= 4 is 5.91 Å². The molecule has 1 saturated heterocycles. The third-order valence-corrected chi connectivity index (χ3v) is 1.60. The predicted octanol–water partition coefficient (Wildman–Crippen LogP) is 0.328. The summed E-state index contributed by atoms with van der Waals surface area (Å²) in [5.41, 5.74) is 0. The first-order valence-corrected chi connectivity index (χ1v) is 3.54. The molecule has 0 radical (unpaired) electrons. The molecule has 3 nitrogen and oxygen atoms in total. The van der Waals surface area contributed by atoms with E-state index in [1.807, 2.05) is 0 Å². The van der Waals surface area contributed by atoms with Crippen LogP contribution in [-0.2, 0) is 4.79 Å². The van der Waals surface area contributed by atoms with Gasteiger partial charge in [-0.25, -0.2) is 0 Å². The smallest absolute Gasteiger partial charge is 0.328 e. The van der Waals surface area contributed by atoms with Crippen molar-refractivity contribution in [3.63, 3.8) is 0 Å². The van der Waals surface area contributed by atoms with Gasteiger partial charge in [-0.2, -0.15) is 13.2 Å². The summed E-state index contributed by atoms with van der Waals surface area (Å²) in [5.74, 6) is -0.265. The lowest BCUT2D eigenvalue weighted by Gasteiger charge is -2.15. The molecule has 12 heavy (non-hydrogen) atoms. The van der Waals surface area contributed by atoms with Crippen molar-refractivity contribution in [3.05, 3.63) is 0 Å². The molecule has 1 rings (SSSR count). The number of carbonyl (C=O) groups is 1. The van der Waals surface area contributed by atoms with Crippen LogP contribution in [0.25, 0.3) is 0 Å². The summed E-state index contributed by atoms with van der Waals surface area (Å²) >= 11 is 0. The van der Waals surface area contributed by atoms with Gasteiger partial charge in [-0.1, -0.05) is 0 Å². The van der Waals surface area contributed by atoms with Crippen LogP contribution in [0.2, 0.25) is 0 Å². The molecule has 1 fully saturated rings. The minimum Gasteiger partial charge on any atom is -0.328 e. The van der Waals surface area contributed by atoms with E-state index in [1.165, 1.54) is 0 Å². The second-order valence-corrected chi connectivity index (χ2v) is 2.61. The number of nitrogens with zero attached hydrogens (tertiary/aromatic N) is 1. The van der Waals surface area contributed by atoms with E-state index in [2.05, 4.69) is 5.32 Å². The van der Waals surface area contributed by atoms with Crippen molar-refractivity contribution in [3.8, 4) is 0 Å². The van der Waals surface area contributed by atoms with Gasteiger partial charge in [0.15, 0.2) is 0 Å². The fourth-order valence-electron chi connectivity index (χ4n) is 0.963. The summed E-state index contributed by atoms with van der Waals surface area (Å²) < 4.78 is 35.0. The Morgan fingerprint density at radius 3 is 2.58 bits per heavy atom. The van der Waals surface area contributed by atoms with E-state index in [1.54, 1.807) is 0 Å². The average molecular weight is 182 g/mol. The summed E-state index contributed by atoms with van der Waals surface area (Å²) in [4.78, 5) is 11.9. The van der Waals surface area contributed by atoms with E-state index < -0.39 is 12.6 Å². The molecule has 0 aromatic rings. The Bertz CT molecular complexity index is 180. The molecule has 1 aliphatic heterocycles. The van der Waals surface area contributed by atoms with E-state index >= 15 is 0 Å². The summed E-state index contributed by atoms with van der Waals surface area (Å²) in [6, 6.07) is 0. The molecule has 0 bridgehead atoms. The highest BCUT2D eigenvalue weighted by Crippen LogP contribution is 2.19. The predicted molar refractivity (Wildman–Crippen MR) is 35.3 cm³/mol. The van der Waals surface area contributed by atoms with Crippen LogP contribution in [-0.4, -0.2) is 36.7 Å². The van der Waals surface area contributed by atoms with Gasteiger partial charge in [0.05, 0.1) is 19.6 Å². The monoisotopic (exact) mass is 182 g/mol. The van der Waals surface area contributed by atoms with Gasteiger partial charge in [0.1, 0.15) is 0 Å².